The first-order valence-corrected chi connectivity index (χ1v) is 7.39. The van der Waals surface area contributed by atoms with Crippen molar-refractivity contribution in [2.75, 3.05) is 7.11 Å². The zero-order valence-corrected chi connectivity index (χ0v) is 12.6. The third-order valence-corrected chi connectivity index (χ3v) is 3.79. The lowest BCUT2D eigenvalue weighted by Crippen LogP contribution is -2.42. The Hall–Kier alpha value is -1.42. The largest absolute Gasteiger partial charge is 0.468 e. The van der Waals surface area contributed by atoms with Gasteiger partial charge in [0.15, 0.2) is 0 Å². The number of ether oxygens (including phenoxy) is 1. The summed E-state index contributed by atoms with van der Waals surface area (Å²) in [7, 11) is 1.45. The molecule has 1 aromatic rings. The highest BCUT2D eigenvalue weighted by Crippen LogP contribution is 2.28. The summed E-state index contributed by atoms with van der Waals surface area (Å²) in [6, 6.07) is 4.01. The van der Waals surface area contributed by atoms with E-state index in [1.165, 1.54) is 12.7 Å². The van der Waals surface area contributed by atoms with Gasteiger partial charge in [-0.2, -0.15) is 0 Å². The number of hydrogen-bond acceptors (Lipinski definition) is 4. The molecule has 0 aliphatic heterocycles. The molecule has 0 spiro atoms. The summed E-state index contributed by atoms with van der Waals surface area (Å²) in [5.41, 5.74) is 2.39. The number of esters is 1. The first-order valence-electron chi connectivity index (χ1n) is 7.39. The summed E-state index contributed by atoms with van der Waals surface area (Å²) in [6.45, 7) is 4.23. The number of nitrogens with one attached hydrogen (secondary N) is 1. The van der Waals surface area contributed by atoms with E-state index in [0.29, 0.717) is 5.92 Å². The zero-order chi connectivity index (χ0) is 14.5. The standard InChI is InChI=1S/C16H24N2O2/c1-11(2)10-14(16(19)20-3)18-13-8-4-6-12-7-5-9-17-15(12)13/h5,7,9,11,13-14,18H,4,6,8,10H2,1-3H3. The average Bonchev–Trinajstić information content (AvgIpc) is 2.45. The molecule has 1 N–H and O–H groups in total. The second-order valence-corrected chi connectivity index (χ2v) is 5.86. The van der Waals surface area contributed by atoms with Crippen molar-refractivity contribution in [3.05, 3.63) is 29.6 Å². The molecule has 2 unspecified atom stereocenters. The molecule has 4 nitrogen and oxygen atoms in total. The lowest BCUT2D eigenvalue weighted by Gasteiger charge is -2.29. The molecule has 0 aromatic carbocycles. The molecule has 0 radical (unpaired) electrons. The summed E-state index contributed by atoms with van der Waals surface area (Å²) >= 11 is 0. The molecule has 2 rings (SSSR count). The van der Waals surface area contributed by atoms with E-state index in [-0.39, 0.29) is 18.1 Å². The topological polar surface area (TPSA) is 51.2 Å². The van der Waals surface area contributed by atoms with Gasteiger partial charge in [-0.3, -0.25) is 15.1 Å². The maximum atomic E-state index is 11.9. The van der Waals surface area contributed by atoms with Gasteiger partial charge in [0.1, 0.15) is 6.04 Å². The van der Waals surface area contributed by atoms with E-state index in [4.69, 9.17) is 4.74 Å². The number of pyridine rings is 1. The van der Waals surface area contributed by atoms with Crippen molar-refractivity contribution in [3.63, 3.8) is 0 Å². The van der Waals surface area contributed by atoms with Gasteiger partial charge in [-0.1, -0.05) is 19.9 Å². The number of aromatic nitrogens is 1. The van der Waals surface area contributed by atoms with Crippen LogP contribution in [0.25, 0.3) is 0 Å². The number of hydrogen-bond donors (Lipinski definition) is 1. The van der Waals surface area contributed by atoms with Crippen LogP contribution in [0.1, 0.15) is 50.4 Å². The van der Waals surface area contributed by atoms with Crippen LogP contribution in [0.4, 0.5) is 0 Å². The van der Waals surface area contributed by atoms with Gasteiger partial charge in [0.25, 0.3) is 0 Å². The van der Waals surface area contributed by atoms with E-state index in [2.05, 4.69) is 30.2 Å². The van der Waals surface area contributed by atoms with Crippen molar-refractivity contribution in [1.82, 2.24) is 10.3 Å². The molecular weight excluding hydrogens is 252 g/mol. The van der Waals surface area contributed by atoms with Gasteiger partial charge >= 0.3 is 5.97 Å². The molecule has 0 amide bonds. The van der Waals surface area contributed by atoms with Crippen LogP contribution in [0.3, 0.4) is 0 Å². The van der Waals surface area contributed by atoms with E-state index in [0.717, 1.165) is 31.4 Å². The SMILES string of the molecule is COC(=O)C(CC(C)C)NC1CCCc2cccnc21. The van der Waals surface area contributed by atoms with Gasteiger partial charge in [0, 0.05) is 6.20 Å². The fourth-order valence-electron chi connectivity index (χ4n) is 2.86. The van der Waals surface area contributed by atoms with Crippen molar-refractivity contribution in [1.29, 1.82) is 0 Å². The summed E-state index contributed by atoms with van der Waals surface area (Å²) in [5.74, 6) is 0.264. The Morgan fingerprint density at radius 3 is 3.05 bits per heavy atom. The Bertz CT molecular complexity index is 460. The highest BCUT2D eigenvalue weighted by Gasteiger charge is 2.28. The first-order chi connectivity index (χ1) is 9.61. The van der Waals surface area contributed by atoms with E-state index < -0.39 is 0 Å². The van der Waals surface area contributed by atoms with E-state index in [1.807, 2.05) is 12.3 Å². The van der Waals surface area contributed by atoms with Crippen molar-refractivity contribution in [2.24, 2.45) is 5.92 Å². The van der Waals surface area contributed by atoms with E-state index in [9.17, 15) is 4.79 Å². The third kappa shape index (κ3) is 3.57. The number of methoxy groups -OCH3 is 1. The third-order valence-electron chi connectivity index (χ3n) is 3.79. The van der Waals surface area contributed by atoms with Crippen molar-refractivity contribution in [3.8, 4) is 0 Å². The van der Waals surface area contributed by atoms with Crippen molar-refractivity contribution < 1.29 is 9.53 Å². The van der Waals surface area contributed by atoms with Crippen LogP contribution in [0.5, 0.6) is 0 Å². The maximum absolute atomic E-state index is 11.9. The lowest BCUT2D eigenvalue weighted by molar-refractivity contribution is -0.143. The molecule has 20 heavy (non-hydrogen) atoms. The number of aryl methyl sites for hydroxylation is 1. The van der Waals surface area contributed by atoms with Crippen LogP contribution in [-0.2, 0) is 16.0 Å². The monoisotopic (exact) mass is 276 g/mol. The van der Waals surface area contributed by atoms with Crippen LogP contribution >= 0.6 is 0 Å². The fourth-order valence-corrected chi connectivity index (χ4v) is 2.86. The van der Waals surface area contributed by atoms with Gasteiger partial charge in [-0.05, 0) is 43.2 Å². The molecule has 1 aliphatic carbocycles. The quantitative estimate of drug-likeness (QED) is 0.840. The smallest absolute Gasteiger partial charge is 0.322 e. The van der Waals surface area contributed by atoms with E-state index in [1.54, 1.807) is 0 Å². The molecular formula is C16H24N2O2. The summed E-state index contributed by atoms with van der Waals surface area (Å²) < 4.78 is 4.92. The average molecular weight is 276 g/mol. The van der Waals surface area contributed by atoms with Gasteiger partial charge < -0.3 is 4.74 Å². The zero-order valence-electron chi connectivity index (χ0n) is 12.6. The second-order valence-electron chi connectivity index (χ2n) is 5.86. The van der Waals surface area contributed by atoms with Crippen LogP contribution in [-0.4, -0.2) is 24.1 Å². The van der Waals surface area contributed by atoms with Gasteiger partial charge in [-0.15, -0.1) is 0 Å². The van der Waals surface area contributed by atoms with Crippen LogP contribution < -0.4 is 5.32 Å². The molecule has 0 fully saturated rings. The number of carbonyl (C=O) groups excluding carboxylic acids is 1. The summed E-state index contributed by atoms with van der Waals surface area (Å²) in [6.07, 6.45) is 5.84. The number of rotatable bonds is 5. The Kier molecular flexibility index (Phi) is 5.12. The van der Waals surface area contributed by atoms with Crippen LogP contribution in [0.2, 0.25) is 0 Å². The first kappa shape index (κ1) is 15.0. The molecule has 0 saturated heterocycles. The highest BCUT2D eigenvalue weighted by atomic mass is 16.5. The second kappa shape index (κ2) is 6.84. The number of nitrogens with zero attached hydrogens (tertiary/aromatic N) is 1. The molecule has 2 atom stereocenters. The molecule has 0 bridgehead atoms. The minimum atomic E-state index is -0.252. The Morgan fingerprint density at radius 2 is 2.35 bits per heavy atom. The van der Waals surface area contributed by atoms with Crippen molar-refractivity contribution in [2.45, 2.75) is 51.6 Å². The highest BCUT2D eigenvalue weighted by molar-refractivity contribution is 5.75. The Morgan fingerprint density at radius 1 is 1.55 bits per heavy atom. The van der Waals surface area contributed by atoms with Crippen LogP contribution in [0, 0.1) is 5.92 Å². The minimum absolute atomic E-state index is 0.155. The van der Waals surface area contributed by atoms with Crippen LogP contribution in [0.15, 0.2) is 18.3 Å². The minimum Gasteiger partial charge on any atom is -0.468 e. The fraction of sp³-hybridized carbons (Fsp3) is 0.625. The molecule has 1 heterocycles. The molecule has 1 aliphatic rings. The summed E-state index contributed by atoms with van der Waals surface area (Å²) in [4.78, 5) is 16.4. The predicted molar refractivity (Wildman–Crippen MR) is 78.3 cm³/mol. The molecule has 110 valence electrons. The maximum Gasteiger partial charge on any atom is 0.322 e. The van der Waals surface area contributed by atoms with Crippen molar-refractivity contribution >= 4 is 5.97 Å². The Balaban J connectivity index is 2.13. The predicted octanol–water partition coefficient (Wildman–Crippen LogP) is 2.64. The normalized spacial score (nSPS) is 19.5. The molecule has 0 saturated carbocycles. The van der Waals surface area contributed by atoms with Gasteiger partial charge in [-0.25, -0.2) is 0 Å². The van der Waals surface area contributed by atoms with E-state index >= 15 is 0 Å². The Labute approximate surface area is 120 Å². The molecule has 1 aromatic heterocycles. The lowest BCUT2D eigenvalue weighted by atomic mass is 9.90. The van der Waals surface area contributed by atoms with Gasteiger partial charge in [0.05, 0.1) is 18.8 Å². The number of fused-ring (bicyclic) bond motifs is 1. The van der Waals surface area contributed by atoms with Gasteiger partial charge in [0.2, 0.25) is 0 Å². The molecule has 4 heteroatoms. The number of carbonyl (C=O) groups is 1. The summed E-state index contributed by atoms with van der Waals surface area (Å²) in [5, 5.41) is 3.46.